The van der Waals surface area contributed by atoms with Crippen molar-refractivity contribution in [2.45, 2.75) is 24.8 Å². The van der Waals surface area contributed by atoms with E-state index in [0.717, 1.165) is 24.6 Å². The van der Waals surface area contributed by atoms with Gasteiger partial charge in [0.05, 0.1) is 9.82 Å². The van der Waals surface area contributed by atoms with E-state index in [1.54, 1.807) is 6.07 Å². The highest BCUT2D eigenvalue weighted by Crippen LogP contribution is 2.33. The minimum atomic E-state index is -3.50. The predicted molar refractivity (Wildman–Crippen MR) is 106 cm³/mol. The highest BCUT2D eigenvalue weighted by atomic mass is 32.2. The topological polar surface area (TPSA) is 83.8 Å². The molecular formula is C19H23N3O4S. The van der Waals surface area contributed by atoms with Crippen LogP contribution in [0.4, 0.5) is 17.1 Å². The van der Waals surface area contributed by atoms with Crippen molar-refractivity contribution in [1.29, 1.82) is 0 Å². The Morgan fingerprint density at radius 2 is 1.89 bits per heavy atom. The number of nitro groups is 1. The normalized spacial score (nSPS) is 17.8. The predicted octanol–water partition coefficient (Wildman–Crippen LogP) is 3.02. The van der Waals surface area contributed by atoms with Crippen molar-refractivity contribution in [2.75, 3.05) is 35.7 Å². The van der Waals surface area contributed by atoms with Gasteiger partial charge in [-0.3, -0.25) is 10.1 Å². The first-order valence-corrected chi connectivity index (χ1v) is 10.6. The van der Waals surface area contributed by atoms with Crippen LogP contribution in [0.25, 0.3) is 0 Å². The maximum atomic E-state index is 11.7. The van der Waals surface area contributed by atoms with Crippen LogP contribution in [-0.2, 0) is 9.84 Å². The Balaban J connectivity index is 1.88. The zero-order valence-corrected chi connectivity index (χ0v) is 16.4. The molecule has 0 spiro atoms. The van der Waals surface area contributed by atoms with Gasteiger partial charge in [-0.15, -0.1) is 0 Å². The van der Waals surface area contributed by atoms with Crippen molar-refractivity contribution in [3.63, 3.8) is 0 Å². The molecule has 0 aromatic heterocycles. The summed E-state index contributed by atoms with van der Waals surface area (Å²) in [5.74, 6) is 0. The van der Waals surface area contributed by atoms with E-state index in [1.165, 1.54) is 11.6 Å². The number of aryl methyl sites for hydroxylation is 1. The monoisotopic (exact) mass is 389 g/mol. The number of nitrogens with zero attached hydrogens (tertiary/aromatic N) is 3. The molecule has 144 valence electrons. The van der Waals surface area contributed by atoms with Crippen LogP contribution < -0.4 is 9.80 Å². The lowest BCUT2D eigenvalue weighted by Crippen LogP contribution is -2.52. The second-order valence-electron chi connectivity index (χ2n) is 7.01. The number of sulfone groups is 1. The molecule has 0 bridgehead atoms. The summed E-state index contributed by atoms with van der Waals surface area (Å²) in [7, 11) is -3.50. The molecule has 0 unspecified atom stereocenters. The van der Waals surface area contributed by atoms with Crippen LogP contribution in [0.5, 0.6) is 0 Å². The largest absolute Gasteiger partial charge is 0.365 e. The van der Waals surface area contributed by atoms with Crippen molar-refractivity contribution >= 4 is 26.9 Å². The van der Waals surface area contributed by atoms with E-state index in [-0.39, 0.29) is 16.6 Å². The second-order valence-corrected chi connectivity index (χ2v) is 9.02. The first kappa shape index (κ1) is 19.2. The van der Waals surface area contributed by atoms with E-state index < -0.39 is 14.8 Å². The van der Waals surface area contributed by atoms with E-state index >= 15 is 0 Å². The van der Waals surface area contributed by atoms with Crippen molar-refractivity contribution in [2.24, 2.45) is 0 Å². The van der Waals surface area contributed by atoms with Crippen molar-refractivity contribution in [1.82, 2.24) is 0 Å². The SMILES string of the molecule is Cc1cccc(N2CCN(c3ccc(S(C)(=O)=O)cc3[N+](=O)[O-])C[C@H]2C)c1. The molecule has 0 saturated carbocycles. The fraction of sp³-hybridized carbons (Fsp3) is 0.368. The third kappa shape index (κ3) is 4.05. The molecule has 0 radical (unpaired) electrons. The summed E-state index contributed by atoms with van der Waals surface area (Å²) in [6.07, 6.45) is 1.05. The minimum Gasteiger partial charge on any atom is -0.365 e. The van der Waals surface area contributed by atoms with Crippen LogP contribution in [0.3, 0.4) is 0 Å². The molecule has 0 N–H and O–H groups in total. The Morgan fingerprint density at radius 3 is 2.48 bits per heavy atom. The Bertz CT molecular complexity index is 975. The Hall–Kier alpha value is -2.61. The number of rotatable bonds is 4. The molecule has 27 heavy (non-hydrogen) atoms. The molecule has 1 aliphatic heterocycles. The molecule has 7 nitrogen and oxygen atoms in total. The standard InChI is InChI=1S/C19H23N3O4S/c1-14-5-4-6-16(11-14)21-10-9-20(13-15(21)2)18-8-7-17(27(3,25)26)12-19(18)22(23)24/h4-8,11-12,15H,9-10,13H2,1-3H3/t15-/m1/s1. The lowest BCUT2D eigenvalue weighted by molar-refractivity contribution is -0.384. The molecule has 2 aromatic carbocycles. The first-order chi connectivity index (χ1) is 12.7. The number of hydrogen-bond acceptors (Lipinski definition) is 6. The summed E-state index contributed by atoms with van der Waals surface area (Å²) in [6.45, 7) is 6.11. The van der Waals surface area contributed by atoms with Crippen LogP contribution in [0.15, 0.2) is 47.4 Å². The third-order valence-corrected chi connectivity index (χ3v) is 5.98. The summed E-state index contributed by atoms with van der Waals surface area (Å²) < 4.78 is 23.5. The smallest absolute Gasteiger partial charge is 0.293 e. The Labute approximate surface area is 159 Å². The summed E-state index contributed by atoms with van der Waals surface area (Å²) in [6, 6.07) is 12.6. The van der Waals surface area contributed by atoms with E-state index in [1.807, 2.05) is 11.0 Å². The number of piperazine rings is 1. The van der Waals surface area contributed by atoms with Crippen LogP contribution in [-0.4, -0.2) is 45.3 Å². The molecule has 3 rings (SSSR count). The van der Waals surface area contributed by atoms with Crippen LogP contribution >= 0.6 is 0 Å². The molecule has 0 amide bonds. The summed E-state index contributed by atoms with van der Waals surface area (Å²) in [5.41, 5.74) is 2.62. The van der Waals surface area contributed by atoms with Gasteiger partial charge in [0.2, 0.25) is 0 Å². The molecule has 1 saturated heterocycles. The summed E-state index contributed by atoms with van der Waals surface area (Å²) in [5, 5.41) is 11.5. The van der Waals surface area contributed by atoms with Gasteiger partial charge >= 0.3 is 0 Å². The molecular weight excluding hydrogens is 366 g/mol. The highest BCUT2D eigenvalue weighted by molar-refractivity contribution is 7.90. The molecule has 0 aliphatic carbocycles. The van der Waals surface area contributed by atoms with Gasteiger partial charge in [0.1, 0.15) is 5.69 Å². The number of anilines is 2. The zero-order chi connectivity index (χ0) is 19.8. The fourth-order valence-electron chi connectivity index (χ4n) is 3.51. The van der Waals surface area contributed by atoms with E-state index in [0.29, 0.717) is 18.8 Å². The third-order valence-electron chi connectivity index (χ3n) is 4.87. The van der Waals surface area contributed by atoms with Gasteiger partial charge in [-0.2, -0.15) is 0 Å². The average molecular weight is 389 g/mol. The second kappa shape index (κ2) is 7.19. The zero-order valence-electron chi connectivity index (χ0n) is 15.6. The van der Waals surface area contributed by atoms with Gasteiger partial charge in [-0.1, -0.05) is 12.1 Å². The van der Waals surface area contributed by atoms with Gasteiger partial charge in [0, 0.05) is 43.7 Å². The molecule has 1 heterocycles. The number of hydrogen-bond donors (Lipinski definition) is 0. The van der Waals surface area contributed by atoms with Gasteiger partial charge in [-0.05, 0) is 43.7 Å². The average Bonchev–Trinajstić information content (AvgIpc) is 2.60. The maximum absolute atomic E-state index is 11.7. The van der Waals surface area contributed by atoms with Gasteiger partial charge in [0.25, 0.3) is 5.69 Å². The Kier molecular flexibility index (Phi) is 5.10. The molecule has 8 heteroatoms. The molecule has 1 atom stereocenters. The lowest BCUT2D eigenvalue weighted by atomic mass is 10.1. The van der Waals surface area contributed by atoms with Crippen LogP contribution in [0, 0.1) is 17.0 Å². The number of nitro benzene ring substituents is 1. The maximum Gasteiger partial charge on any atom is 0.293 e. The quantitative estimate of drug-likeness (QED) is 0.590. The van der Waals surface area contributed by atoms with Crippen molar-refractivity contribution < 1.29 is 13.3 Å². The summed E-state index contributed by atoms with van der Waals surface area (Å²) >= 11 is 0. The van der Waals surface area contributed by atoms with Crippen molar-refractivity contribution in [3.05, 3.63) is 58.1 Å². The van der Waals surface area contributed by atoms with Gasteiger partial charge < -0.3 is 9.80 Å². The highest BCUT2D eigenvalue weighted by Gasteiger charge is 2.29. The minimum absolute atomic E-state index is 0.0376. The fourth-order valence-corrected chi connectivity index (χ4v) is 4.16. The van der Waals surface area contributed by atoms with Crippen molar-refractivity contribution in [3.8, 4) is 0 Å². The molecule has 1 aliphatic rings. The van der Waals surface area contributed by atoms with E-state index in [2.05, 4.69) is 36.9 Å². The Morgan fingerprint density at radius 1 is 1.15 bits per heavy atom. The van der Waals surface area contributed by atoms with Crippen LogP contribution in [0.2, 0.25) is 0 Å². The summed E-state index contributed by atoms with van der Waals surface area (Å²) in [4.78, 5) is 15.2. The molecule has 1 fully saturated rings. The van der Waals surface area contributed by atoms with Gasteiger partial charge in [0.15, 0.2) is 9.84 Å². The van der Waals surface area contributed by atoms with Gasteiger partial charge in [-0.25, -0.2) is 8.42 Å². The van der Waals surface area contributed by atoms with Crippen LogP contribution in [0.1, 0.15) is 12.5 Å². The number of benzene rings is 2. The van der Waals surface area contributed by atoms with E-state index in [9.17, 15) is 18.5 Å². The first-order valence-electron chi connectivity index (χ1n) is 8.73. The molecule has 2 aromatic rings. The van der Waals surface area contributed by atoms with E-state index in [4.69, 9.17) is 0 Å². The lowest BCUT2D eigenvalue weighted by Gasteiger charge is -2.42.